The molecule has 0 saturated carbocycles. The summed E-state index contributed by atoms with van der Waals surface area (Å²) in [5, 5.41) is 0.779. The summed E-state index contributed by atoms with van der Waals surface area (Å²) >= 11 is 13.8. The molecule has 0 radical (unpaired) electrons. The van der Waals surface area contributed by atoms with E-state index in [0.717, 1.165) is 4.70 Å². The number of sulfone groups is 1. The molecule has 6 nitrogen and oxygen atoms in total. The predicted molar refractivity (Wildman–Crippen MR) is 120 cm³/mol. The molecule has 0 saturated heterocycles. The number of halogens is 2. The second-order valence-electron chi connectivity index (χ2n) is 6.33. The molecule has 0 atom stereocenters. The molecule has 0 unspecified atom stereocenters. The molecule has 160 valence electrons. The first-order valence-corrected chi connectivity index (χ1v) is 12.5. The Morgan fingerprint density at radius 3 is 2.60 bits per heavy atom. The van der Waals surface area contributed by atoms with E-state index in [9.17, 15) is 13.2 Å². The monoisotopic (exact) mass is 486 g/mol. The van der Waals surface area contributed by atoms with E-state index < -0.39 is 15.7 Å². The van der Waals surface area contributed by atoms with Crippen molar-refractivity contribution in [2.45, 2.75) is 24.8 Å². The van der Waals surface area contributed by atoms with Crippen molar-refractivity contribution in [2.75, 3.05) is 19.0 Å². The van der Waals surface area contributed by atoms with Gasteiger partial charge in [-0.25, -0.2) is 8.42 Å². The van der Waals surface area contributed by atoms with Gasteiger partial charge in [0.05, 0.1) is 37.5 Å². The van der Waals surface area contributed by atoms with Crippen molar-refractivity contribution in [1.82, 2.24) is 4.57 Å². The topological polar surface area (TPSA) is 77.7 Å². The molecule has 0 N–H and O–H groups in total. The van der Waals surface area contributed by atoms with E-state index in [1.807, 2.05) is 13.0 Å². The van der Waals surface area contributed by atoms with Crippen molar-refractivity contribution in [2.24, 2.45) is 4.99 Å². The lowest BCUT2D eigenvalue weighted by molar-refractivity contribution is -0.117. The highest BCUT2D eigenvalue weighted by Gasteiger charge is 2.17. The minimum atomic E-state index is -3.56. The average Bonchev–Trinajstić information content (AvgIpc) is 3.08. The van der Waals surface area contributed by atoms with Crippen molar-refractivity contribution in [3.63, 3.8) is 0 Å². The third kappa shape index (κ3) is 5.31. The molecule has 30 heavy (non-hydrogen) atoms. The lowest BCUT2D eigenvalue weighted by Crippen LogP contribution is -2.20. The maximum Gasteiger partial charge on any atom is 0.249 e. The first-order valence-electron chi connectivity index (χ1n) is 9.24. The Hall–Kier alpha value is -1.71. The number of ether oxygens (including phenoxy) is 1. The Kier molecular flexibility index (Phi) is 7.70. The first kappa shape index (κ1) is 23.0. The van der Waals surface area contributed by atoms with Gasteiger partial charge in [-0.15, -0.1) is 0 Å². The van der Waals surface area contributed by atoms with Gasteiger partial charge in [-0.3, -0.25) is 4.79 Å². The van der Waals surface area contributed by atoms with Gasteiger partial charge in [0.15, 0.2) is 14.6 Å². The zero-order valence-corrected chi connectivity index (χ0v) is 19.3. The van der Waals surface area contributed by atoms with Crippen LogP contribution in [0.15, 0.2) is 52.4 Å². The van der Waals surface area contributed by atoms with Crippen molar-refractivity contribution < 1.29 is 17.9 Å². The lowest BCUT2D eigenvalue weighted by Gasteiger charge is -2.07. The maximum atomic E-state index is 12.5. The van der Waals surface area contributed by atoms with E-state index in [1.165, 1.54) is 23.5 Å². The summed E-state index contributed by atoms with van der Waals surface area (Å²) in [6, 6.07) is 11.5. The Labute approximate surface area is 188 Å². The molecule has 3 rings (SSSR count). The lowest BCUT2D eigenvalue weighted by atomic mass is 10.3. The zero-order valence-electron chi connectivity index (χ0n) is 16.2. The van der Waals surface area contributed by atoms with Crippen LogP contribution in [0.2, 0.25) is 10.0 Å². The van der Waals surface area contributed by atoms with E-state index >= 15 is 0 Å². The van der Waals surface area contributed by atoms with Gasteiger partial charge in [0.1, 0.15) is 0 Å². The highest BCUT2D eigenvalue weighted by atomic mass is 35.5. The van der Waals surface area contributed by atoms with Gasteiger partial charge < -0.3 is 9.30 Å². The van der Waals surface area contributed by atoms with Gasteiger partial charge in [0, 0.05) is 19.6 Å². The Bertz CT molecular complexity index is 1220. The molecular weight excluding hydrogens is 467 g/mol. The summed E-state index contributed by atoms with van der Waals surface area (Å²) in [4.78, 5) is 17.3. The molecule has 10 heteroatoms. The quantitative estimate of drug-likeness (QED) is 0.443. The van der Waals surface area contributed by atoms with Crippen LogP contribution in [0.25, 0.3) is 10.2 Å². The Morgan fingerprint density at radius 1 is 1.17 bits per heavy atom. The summed E-state index contributed by atoms with van der Waals surface area (Å²) in [6.07, 6.45) is -0.217. The van der Waals surface area contributed by atoms with Crippen LogP contribution in [0.4, 0.5) is 0 Å². The third-order valence-electron chi connectivity index (χ3n) is 4.30. The fraction of sp³-hybridized carbons (Fsp3) is 0.300. The number of aromatic nitrogens is 1. The van der Waals surface area contributed by atoms with E-state index in [0.29, 0.717) is 40.1 Å². The highest BCUT2D eigenvalue weighted by Crippen LogP contribution is 2.32. The van der Waals surface area contributed by atoms with Gasteiger partial charge in [0.25, 0.3) is 0 Å². The van der Waals surface area contributed by atoms with Crippen LogP contribution in [0.5, 0.6) is 0 Å². The van der Waals surface area contributed by atoms with E-state index in [-0.39, 0.29) is 17.1 Å². The molecular formula is C20H20Cl2N2O4S2. The number of carbonyl (C=O) groups excluding carboxylic acids is 1. The molecule has 0 aliphatic carbocycles. The Balaban J connectivity index is 1.90. The van der Waals surface area contributed by atoms with E-state index in [2.05, 4.69) is 4.99 Å². The molecule has 0 fully saturated rings. The van der Waals surface area contributed by atoms with Crippen LogP contribution in [-0.4, -0.2) is 37.9 Å². The van der Waals surface area contributed by atoms with Crippen LogP contribution in [0.1, 0.15) is 13.3 Å². The normalized spacial score (nSPS) is 12.6. The van der Waals surface area contributed by atoms with Crippen LogP contribution < -0.4 is 4.80 Å². The van der Waals surface area contributed by atoms with Crippen LogP contribution in [-0.2, 0) is 25.9 Å². The van der Waals surface area contributed by atoms with Gasteiger partial charge in [0.2, 0.25) is 5.91 Å². The van der Waals surface area contributed by atoms with Gasteiger partial charge in [-0.1, -0.05) is 52.7 Å². The molecule has 1 heterocycles. The summed E-state index contributed by atoms with van der Waals surface area (Å²) in [5.41, 5.74) is 0.678. The second kappa shape index (κ2) is 10.1. The summed E-state index contributed by atoms with van der Waals surface area (Å²) in [5.74, 6) is -0.830. The van der Waals surface area contributed by atoms with E-state index in [4.69, 9.17) is 27.9 Å². The maximum absolute atomic E-state index is 12.5. The molecule has 1 amide bonds. The number of hydrogen-bond donors (Lipinski definition) is 0. The van der Waals surface area contributed by atoms with Crippen molar-refractivity contribution in [1.29, 1.82) is 0 Å². The molecule has 0 aliphatic heterocycles. The average molecular weight is 487 g/mol. The van der Waals surface area contributed by atoms with E-state index in [1.54, 1.807) is 28.8 Å². The van der Waals surface area contributed by atoms with Crippen LogP contribution >= 0.6 is 34.5 Å². The first-order chi connectivity index (χ1) is 14.3. The smallest absolute Gasteiger partial charge is 0.249 e. The Morgan fingerprint density at radius 2 is 1.90 bits per heavy atom. The van der Waals surface area contributed by atoms with Gasteiger partial charge in [-0.2, -0.15) is 4.99 Å². The van der Waals surface area contributed by atoms with Gasteiger partial charge >= 0.3 is 0 Å². The van der Waals surface area contributed by atoms with Crippen molar-refractivity contribution >= 4 is 60.5 Å². The number of fused-ring (bicyclic) bond motifs is 1. The van der Waals surface area contributed by atoms with Crippen molar-refractivity contribution in [3.8, 4) is 0 Å². The standard InChI is InChI=1S/C20H20Cl2N2O4S2/c1-2-28-12-11-24-19-16(9-8-15(21)18(19)22)29-20(24)23-17(25)10-13-30(26,27)14-6-4-3-5-7-14/h3-9H,2,10-13H2,1H3. The summed E-state index contributed by atoms with van der Waals surface area (Å²) < 4.78 is 32.9. The molecule has 3 aromatic rings. The number of benzene rings is 2. The summed E-state index contributed by atoms with van der Waals surface area (Å²) in [6.45, 7) is 3.29. The zero-order chi connectivity index (χ0) is 21.7. The number of hydrogen-bond acceptors (Lipinski definition) is 5. The number of thiazole rings is 1. The number of nitrogens with zero attached hydrogens (tertiary/aromatic N) is 2. The van der Waals surface area contributed by atoms with Gasteiger partial charge in [-0.05, 0) is 31.2 Å². The minimum absolute atomic E-state index is 0.188. The molecule has 0 spiro atoms. The van der Waals surface area contributed by atoms with Crippen molar-refractivity contribution in [3.05, 3.63) is 57.3 Å². The number of carbonyl (C=O) groups is 1. The molecule has 0 bridgehead atoms. The number of amides is 1. The minimum Gasteiger partial charge on any atom is -0.380 e. The molecule has 2 aromatic carbocycles. The van der Waals surface area contributed by atoms with Crippen LogP contribution in [0, 0.1) is 0 Å². The molecule has 0 aliphatic rings. The fourth-order valence-corrected chi connectivity index (χ4v) is 5.63. The largest absolute Gasteiger partial charge is 0.380 e. The second-order valence-corrected chi connectivity index (χ2v) is 10.2. The highest BCUT2D eigenvalue weighted by molar-refractivity contribution is 7.91. The predicted octanol–water partition coefficient (Wildman–Crippen LogP) is 4.34. The number of rotatable bonds is 8. The summed E-state index contributed by atoms with van der Waals surface area (Å²) in [7, 11) is -3.56. The third-order valence-corrected chi connectivity index (χ3v) is 7.87. The fourth-order valence-electron chi connectivity index (χ4n) is 2.83. The van der Waals surface area contributed by atoms with Crippen LogP contribution in [0.3, 0.4) is 0 Å². The SMILES string of the molecule is CCOCCn1c(=NC(=O)CCS(=O)(=O)c2ccccc2)sc2ccc(Cl)c(Cl)c21. The molecule has 1 aromatic heterocycles.